The average Bonchev–Trinajstić information content (AvgIpc) is 2.57. The van der Waals surface area contributed by atoms with Gasteiger partial charge in [-0.25, -0.2) is 4.79 Å². The van der Waals surface area contributed by atoms with Crippen LogP contribution in [-0.2, 0) is 4.74 Å². The van der Waals surface area contributed by atoms with E-state index in [-0.39, 0.29) is 18.0 Å². The first kappa shape index (κ1) is 15.1. The Kier molecular flexibility index (Phi) is 3.89. The fourth-order valence-corrected chi connectivity index (χ4v) is 5.32. The lowest BCUT2D eigenvalue weighted by Crippen LogP contribution is -2.73. The maximum absolute atomic E-state index is 12.7. The predicted octanol–water partition coefficient (Wildman–Crippen LogP) is 2.63. The number of carbonyl (C=O) groups excluding carboxylic acids is 1. The Balaban J connectivity index is 1.73. The molecular formula is C17H22N2O3S. The van der Waals surface area contributed by atoms with Gasteiger partial charge in [0.2, 0.25) is 0 Å². The summed E-state index contributed by atoms with van der Waals surface area (Å²) < 4.78 is 12.0. The van der Waals surface area contributed by atoms with Crippen LogP contribution >= 0.6 is 11.8 Å². The van der Waals surface area contributed by atoms with E-state index in [1.807, 2.05) is 41.8 Å². The van der Waals surface area contributed by atoms with Crippen molar-refractivity contribution in [2.24, 2.45) is 5.92 Å². The number of fused-ring (bicyclic) bond motifs is 2. The maximum atomic E-state index is 12.7. The molecule has 2 bridgehead atoms. The van der Waals surface area contributed by atoms with Gasteiger partial charge in [0.1, 0.15) is 5.75 Å². The van der Waals surface area contributed by atoms with Gasteiger partial charge in [-0.05, 0) is 18.7 Å². The van der Waals surface area contributed by atoms with Crippen molar-refractivity contribution in [3.05, 3.63) is 29.8 Å². The van der Waals surface area contributed by atoms with E-state index in [1.54, 1.807) is 0 Å². The van der Waals surface area contributed by atoms with Crippen molar-refractivity contribution in [1.29, 1.82) is 0 Å². The van der Waals surface area contributed by atoms with Gasteiger partial charge in [0, 0.05) is 30.9 Å². The minimum atomic E-state index is -0.524. The third-order valence-electron chi connectivity index (χ3n) is 5.07. The van der Waals surface area contributed by atoms with E-state index in [1.165, 1.54) is 0 Å². The molecule has 1 aromatic rings. The molecule has 0 aromatic heterocycles. The van der Waals surface area contributed by atoms with E-state index in [9.17, 15) is 4.79 Å². The molecule has 1 N–H and O–H groups in total. The molecule has 5 nitrogen and oxygen atoms in total. The minimum Gasteiger partial charge on any atom is -0.467 e. The number of hydrogen-bond acceptors (Lipinski definition) is 4. The number of carbonyl (C=O) groups is 1. The van der Waals surface area contributed by atoms with Crippen molar-refractivity contribution in [1.82, 2.24) is 10.2 Å². The Bertz CT molecular complexity index is 611. The van der Waals surface area contributed by atoms with Crippen LogP contribution in [0.15, 0.2) is 24.3 Å². The highest BCUT2D eigenvalue weighted by molar-refractivity contribution is 7.99. The number of nitrogens with zero attached hydrogens (tertiary/aromatic N) is 1. The summed E-state index contributed by atoms with van der Waals surface area (Å²) >= 11 is 1.95. The van der Waals surface area contributed by atoms with Crippen molar-refractivity contribution < 1.29 is 14.3 Å². The molecule has 0 spiro atoms. The molecule has 0 saturated carbocycles. The van der Waals surface area contributed by atoms with Gasteiger partial charge in [-0.15, -0.1) is 0 Å². The number of hydrogen-bond donors (Lipinski definition) is 1. The molecule has 2 fully saturated rings. The van der Waals surface area contributed by atoms with E-state index in [0.29, 0.717) is 19.8 Å². The average molecular weight is 334 g/mol. The second-order valence-electron chi connectivity index (χ2n) is 6.19. The Labute approximate surface area is 140 Å². The zero-order valence-electron chi connectivity index (χ0n) is 13.3. The molecule has 23 heavy (non-hydrogen) atoms. The van der Waals surface area contributed by atoms with Gasteiger partial charge < -0.3 is 14.8 Å². The second kappa shape index (κ2) is 5.91. The number of urea groups is 1. The molecule has 2 saturated heterocycles. The normalized spacial score (nSPS) is 31.7. The van der Waals surface area contributed by atoms with E-state index < -0.39 is 5.72 Å². The summed E-state index contributed by atoms with van der Waals surface area (Å²) in [4.78, 5) is 14.6. The highest BCUT2D eigenvalue weighted by Gasteiger charge is 2.59. The molecule has 4 rings (SSSR count). The van der Waals surface area contributed by atoms with E-state index in [4.69, 9.17) is 9.47 Å². The number of benzene rings is 1. The van der Waals surface area contributed by atoms with Gasteiger partial charge >= 0.3 is 6.03 Å². The Morgan fingerprint density at radius 3 is 3.22 bits per heavy atom. The lowest BCUT2D eigenvalue weighted by atomic mass is 9.78. The van der Waals surface area contributed by atoms with Crippen LogP contribution in [0.1, 0.15) is 24.9 Å². The predicted molar refractivity (Wildman–Crippen MR) is 89.7 cm³/mol. The first-order valence-corrected chi connectivity index (χ1v) is 9.43. The van der Waals surface area contributed by atoms with E-state index in [2.05, 4.69) is 11.4 Å². The number of para-hydroxylation sites is 1. The van der Waals surface area contributed by atoms with Crippen LogP contribution in [-0.4, -0.2) is 47.9 Å². The highest BCUT2D eigenvalue weighted by Crippen LogP contribution is 2.52. The fourth-order valence-electron chi connectivity index (χ4n) is 4.01. The molecule has 3 atom stereocenters. The van der Waals surface area contributed by atoms with E-state index in [0.717, 1.165) is 29.2 Å². The lowest BCUT2D eigenvalue weighted by Gasteiger charge is -2.58. The van der Waals surface area contributed by atoms with Crippen molar-refractivity contribution >= 4 is 17.8 Å². The summed E-state index contributed by atoms with van der Waals surface area (Å²) in [7, 11) is 0. The number of thioether (sulfide) groups is 1. The van der Waals surface area contributed by atoms with Gasteiger partial charge in [0.25, 0.3) is 0 Å². The third kappa shape index (κ3) is 2.31. The first-order chi connectivity index (χ1) is 11.3. The number of rotatable bonds is 4. The second-order valence-corrected chi connectivity index (χ2v) is 7.34. The van der Waals surface area contributed by atoms with Gasteiger partial charge in [-0.2, -0.15) is 11.8 Å². The van der Waals surface area contributed by atoms with E-state index >= 15 is 0 Å². The topological polar surface area (TPSA) is 50.8 Å². The SMILES string of the molecule is CCOCCN1C(=O)NC2c3ccccc3OC13CCSCC23. The standard InChI is InChI=1S/C17H22N2O3S/c1-2-21-9-8-19-16(20)18-15-12-5-3-4-6-14(12)22-17(19)7-10-23-11-13(15)17/h3-6,13,15H,2,7-11H2,1H3,(H,18,20). The highest BCUT2D eigenvalue weighted by atomic mass is 32.2. The zero-order chi connectivity index (χ0) is 15.9. The van der Waals surface area contributed by atoms with Crippen molar-refractivity contribution in [2.75, 3.05) is 31.3 Å². The monoisotopic (exact) mass is 334 g/mol. The molecule has 0 radical (unpaired) electrons. The molecular weight excluding hydrogens is 312 g/mol. The molecule has 3 aliphatic heterocycles. The quantitative estimate of drug-likeness (QED) is 0.860. The maximum Gasteiger partial charge on any atom is 0.321 e. The summed E-state index contributed by atoms with van der Waals surface area (Å²) in [6.07, 6.45) is 0.868. The van der Waals surface area contributed by atoms with Crippen LogP contribution in [0.3, 0.4) is 0 Å². The molecule has 3 unspecified atom stereocenters. The molecule has 0 aliphatic carbocycles. The number of ether oxygens (including phenoxy) is 2. The molecule has 124 valence electrons. The van der Waals surface area contributed by atoms with Crippen molar-refractivity contribution in [3.63, 3.8) is 0 Å². The Hall–Kier alpha value is -1.40. The smallest absolute Gasteiger partial charge is 0.321 e. The number of amides is 2. The number of nitrogens with one attached hydrogen (secondary N) is 1. The summed E-state index contributed by atoms with van der Waals surface area (Å²) in [6, 6.07) is 8.10. The molecule has 3 aliphatic rings. The van der Waals surface area contributed by atoms with Gasteiger partial charge in [-0.1, -0.05) is 18.2 Å². The molecule has 6 heteroatoms. The minimum absolute atomic E-state index is 0.0349. The molecule has 1 aromatic carbocycles. The summed E-state index contributed by atoms with van der Waals surface area (Å²) in [5.41, 5.74) is 0.581. The van der Waals surface area contributed by atoms with Gasteiger partial charge in [0.05, 0.1) is 18.6 Å². The molecule has 2 amide bonds. The third-order valence-corrected chi connectivity index (χ3v) is 6.16. The zero-order valence-corrected chi connectivity index (χ0v) is 14.1. The fraction of sp³-hybridized carbons (Fsp3) is 0.588. The van der Waals surface area contributed by atoms with Crippen molar-refractivity contribution in [3.8, 4) is 5.75 Å². The van der Waals surface area contributed by atoms with Crippen LogP contribution in [0.25, 0.3) is 0 Å². The largest absolute Gasteiger partial charge is 0.467 e. The summed E-state index contributed by atoms with van der Waals surface area (Å²) in [5.74, 6) is 3.20. The summed E-state index contributed by atoms with van der Waals surface area (Å²) in [6.45, 7) is 3.74. The van der Waals surface area contributed by atoms with Gasteiger partial charge in [-0.3, -0.25) is 4.90 Å². The van der Waals surface area contributed by atoms with Crippen molar-refractivity contribution in [2.45, 2.75) is 25.1 Å². The summed E-state index contributed by atoms with van der Waals surface area (Å²) in [5, 5.41) is 3.21. The molecule has 3 heterocycles. The Morgan fingerprint density at radius 1 is 1.48 bits per heavy atom. The Morgan fingerprint density at radius 2 is 2.35 bits per heavy atom. The van der Waals surface area contributed by atoms with Crippen LogP contribution in [0.2, 0.25) is 0 Å². The lowest BCUT2D eigenvalue weighted by molar-refractivity contribution is -0.143. The van der Waals surface area contributed by atoms with Crippen LogP contribution in [0, 0.1) is 5.92 Å². The first-order valence-electron chi connectivity index (χ1n) is 8.28. The van der Waals surface area contributed by atoms with Crippen LogP contribution < -0.4 is 10.1 Å². The van der Waals surface area contributed by atoms with Gasteiger partial charge in [0.15, 0.2) is 5.72 Å². The van der Waals surface area contributed by atoms with Crippen LogP contribution in [0.4, 0.5) is 4.79 Å². The van der Waals surface area contributed by atoms with Crippen LogP contribution in [0.5, 0.6) is 5.75 Å².